The summed E-state index contributed by atoms with van der Waals surface area (Å²) in [7, 11) is 0. The summed E-state index contributed by atoms with van der Waals surface area (Å²) in [6.07, 6.45) is 1.62. The van der Waals surface area contributed by atoms with E-state index in [0.717, 1.165) is 17.7 Å². The van der Waals surface area contributed by atoms with E-state index in [9.17, 15) is 9.59 Å². The number of benzene rings is 1. The summed E-state index contributed by atoms with van der Waals surface area (Å²) in [5.41, 5.74) is 0.536. The highest BCUT2D eigenvalue weighted by atomic mass is 35.5. The number of rotatable bonds is 7. The molecule has 0 N–H and O–H groups in total. The van der Waals surface area contributed by atoms with Gasteiger partial charge in [0.15, 0.2) is 12.1 Å². The zero-order valence-electron chi connectivity index (χ0n) is 12.0. The lowest BCUT2D eigenvalue weighted by atomic mass is 10.0. The van der Waals surface area contributed by atoms with E-state index in [1.165, 1.54) is 11.8 Å². The Kier molecular flexibility index (Phi) is 5.18. The predicted molar refractivity (Wildman–Crippen MR) is 84.5 cm³/mol. The monoisotopic (exact) mass is 340 g/mol. The van der Waals surface area contributed by atoms with Crippen LogP contribution in [0.2, 0.25) is 5.02 Å². The summed E-state index contributed by atoms with van der Waals surface area (Å²) in [6.45, 7) is 1.22. The van der Waals surface area contributed by atoms with Gasteiger partial charge in [-0.1, -0.05) is 11.6 Å². The van der Waals surface area contributed by atoms with Crippen LogP contribution < -0.4 is 0 Å². The summed E-state index contributed by atoms with van der Waals surface area (Å²) < 4.78 is 10.8. The van der Waals surface area contributed by atoms with Crippen molar-refractivity contribution in [3.63, 3.8) is 0 Å². The molecular weight excluding hydrogens is 324 g/mol. The molecule has 1 aromatic carbocycles. The highest BCUT2D eigenvalue weighted by Gasteiger charge is 2.30. The first-order chi connectivity index (χ1) is 10.6. The van der Waals surface area contributed by atoms with Gasteiger partial charge in [-0.2, -0.15) is 0 Å². The second-order valence-electron chi connectivity index (χ2n) is 5.47. The van der Waals surface area contributed by atoms with Crippen LogP contribution in [-0.2, 0) is 14.3 Å². The first kappa shape index (κ1) is 16.0. The minimum Gasteiger partial charge on any atom is -0.349 e. The number of ether oxygens (including phenoxy) is 2. The van der Waals surface area contributed by atoms with Crippen molar-refractivity contribution in [2.24, 2.45) is 5.92 Å². The molecule has 118 valence electrons. The molecule has 1 saturated carbocycles. The summed E-state index contributed by atoms with van der Waals surface area (Å²) in [5.74, 6) is 0.658. The maximum absolute atomic E-state index is 12.2. The third kappa shape index (κ3) is 4.10. The van der Waals surface area contributed by atoms with E-state index in [4.69, 9.17) is 21.1 Å². The van der Waals surface area contributed by atoms with Crippen LogP contribution in [-0.4, -0.2) is 36.8 Å². The normalized spacial score (nSPS) is 18.6. The summed E-state index contributed by atoms with van der Waals surface area (Å²) in [4.78, 5) is 24.8. The van der Waals surface area contributed by atoms with Crippen LogP contribution in [0.1, 0.15) is 29.6 Å². The maximum atomic E-state index is 12.2. The minimum atomic E-state index is -0.225. The lowest BCUT2D eigenvalue weighted by Gasteiger charge is -2.10. The van der Waals surface area contributed by atoms with Gasteiger partial charge in [0.25, 0.3) is 0 Å². The Morgan fingerprint density at radius 3 is 2.64 bits per heavy atom. The lowest BCUT2D eigenvalue weighted by molar-refractivity contribution is -0.119. The second-order valence-corrected chi connectivity index (χ2v) is 6.94. The van der Waals surface area contributed by atoms with Crippen molar-refractivity contribution >= 4 is 34.9 Å². The van der Waals surface area contributed by atoms with Crippen molar-refractivity contribution in [2.75, 3.05) is 19.0 Å². The van der Waals surface area contributed by atoms with Crippen molar-refractivity contribution in [3.8, 4) is 0 Å². The predicted octanol–water partition coefficient (Wildman–Crippen LogP) is 3.36. The average molecular weight is 341 g/mol. The molecule has 1 aromatic rings. The number of hydrogen-bond acceptors (Lipinski definition) is 5. The zero-order chi connectivity index (χ0) is 15.5. The molecule has 0 bridgehead atoms. The quantitative estimate of drug-likeness (QED) is 0.433. The van der Waals surface area contributed by atoms with Crippen molar-refractivity contribution in [2.45, 2.75) is 30.4 Å². The number of carbonyl (C=O) groups is 2. The van der Waals surface area contributed by atoms with Gasteiger partial charge in [-0.25, -0.2) is 0 Å². The topological polar surface area (TPSA) is 52.6 Å². The SMILES string of the molecule is O=C(CC(=O)C1CC1)c1ccc(Cl)c(SCC2OCCO2)c1. The Hall–Kier alpha value is -0.880. The van der Waals surface area contributed by atoms with Gasteiger partial charge in [-0.15, -0.1) is 11.8 Å². The van der Waals surface area contributed by atoms with E-state index in [-0.39, 0.29) is 30.2 Å². The molecule has 1 heterocycles. The number of hydrogen-bond donors (Lipinski definition) is 0. The molecule has 1 aliphatic heterocycles. The molecule has 0 amide bonds. The van der Waals surface area contributed by atoms with Crippen LogP contribution >= 0.6 is 23.4 Å². The third-order valence-corrected chi connectivity index (χ3v) is 5.22. The van der Waals surface area contributed by atoms with Crippen molar-refractivity contribution in [1.82, 2.24) is 0 Å². The van der Waals surface area contributed by atoms with Gasteiger partial charge in [0.2, 0.25) is 0 Å². The van der Waals surface area contributed by atoms with E-state index in [2.05, 4.69) is 0 Å². The van der Waals surface area contributed by atoms with Crippen LogP contribution in [0.15, 0.2) is 23.1 Å². The van der Waals surface area contributed by atoms with E-state index in [0.29, 0.717) is 29.6 Å². The molecule has 4 nitrogen and oxygen atoms in total. The number of Topliss-reactive ketones (excluding diaryl/α,β-unsaturated/α-hetero) is 2. The van der Waals surface area contributed by atoms with Gasteiger partial charge in [0.05, 0.1) is 24.7 Å². The van der Waals surface area contributed by atoms with E-state index < -0.39 is 0 Å². The third-order valence-electron chi connectivity index (χ3n) is 3.69. The van der Waals surface area contributed by atoms with Crippen molar-refractivity contribution in [3.05, 3.63) is 28.8 Å². The van der Waals surface area contributed by atoms with Gasteiger partial charge < -0.3 is 9.47 Å². The maximum Gasteiger partial charge on any atom is 0.170 e. The standard InChI is InChI=1S/C16H17ClO4S/c17-12-4-3-11(14(19)8-13(18)10-1-2-10)7-15(12)22-9-16-20-5-6-21-16/h3-4,7,10,16H,1-2,5-6,8-9H2. The molecule has 0 spiro atoms. The Morgan fingerprint density at radius 2 is 1.95 bits per heavy atom. The fourth-order valence-corrected chi connectivity index (χ4v) is 3.46. The molecule has 1 aliphatic carbocycles. The summed E-state index contributed by atoms with van der Waals surface area (Å²) in [6, 6.07) is 5.14. The Morgan fingerprint density at radius 1 is 1.23 bits per heavy atom. The highest BCUT2D eigenvalue weighted by Crippen LogP contribution is 2.33. The van der Waals surface area contributed by atoms with Crippen LogP contribution in [0.3, 0.4) is 0 Å². The zero-order valence-corrected chi connectivity index (χ0v) is 13.6. The molecule has 3 rings (SSSR count). The molecule has 0 atom stereocenters. The smallest absolute Gasteiger partial charge is 0.170 e. The van der Waals surface area contributed by atoms with Gasteiger partial charge >= 0.3 is 0 Å². The Bertz CT molecular complexity index is 580. The van der Waals surface area contributed by atoms with E-state index in [1.54, 1.807) is 18.2 Å². The molecule has 0 aromatic heterocycles. The van der Waals surface area contributed by atoms with Crippen molar-refractivity contribution < 1.29 is 19.1 Å². The molecular formula is C16H17ClO4S. The average Bonchev–Trinajstić information content (AvgIpc) is 3.23. The van der Waals surface area contributed by atoms with Crippen LogP contribution in [0, 0.1) is 5.92 Å². The Labute approximate surface area is 138 Å². The number of carbonyl (C=O) groups excluding carboxylic acids is 2. The number of halogens is 1. The molecule has 2 fully saturated rings. The van der Waals surface area contributed by atoms with Crippen LogP contribution in [0.25, 0.3) is 0 Å². The minimum absolute atomic E-state index is 0.00868. The van der Waals surface area contributed by atoms with Gasteiger partial charge in [0.1, 0.15) is 5.78 Å². The molecule has 22 heavy (non-hydrogen) atoms. The number of ketones is 2. The molecule has 6 heteroatoms. The van der Waals surface area contributed by atoms with E-state index in [1.807, 2.05) is 0 Å². The largest absolute Gasteiger partial charge is 0.349 e. The van der Waals surface area contributed by atoms with Crippen LogP contribution in [0.4, 0.5) is 0 Å². The second kappa shape index (κ2) is 7.13. The summed E-state index contributed by atoms with van der Waals surface area (Å²) >= 11 is 7.67. The first-order valence-corrected chi connectivity index (χ1v) is 8.71. The van der Waals surface area contributed by atoms with Gasteiger partial charge in [-0.05, 0) is 31.0 Å². The van der Waals surface area contributed by atoms with Crippen LogP contribution in [0.5, 0.6) is 0 Å². The fourth-order valence-electron chi connectivity index (χ4n) is 2.26. The van der Waals surface area contributed by atoms with Gasteiger partial charge in [-0.3, -0.25) is 9.59 Å². The molecule has 2 aliphatic rings. The van der Waals surface area contributed by atoms with E-state index >= 15 is 0 Å². The number of thioether (sulfide) groups is 1. The molecule has 0 unspecified atom stereocenters. The fraction of sp³-hybridized carbons (Fsp3) is 0.500. The molecule has 0 radical (unpaired) electrons. The highest BCUT2D eigenvalue weighted by molar-refractivity contribution is 7.99. The van der Waals surface area contributed by atoms with Gasteiger partial charge in [0, 0.05) is 22.1 Å². The lowest BCUT2D eigenvalue weighted by Crippen LogP contribution is -2.11. The van der Waals surface area contributed by atoms with Crippen molar-refractivity contribution in [1.29, 1.82) is 0 Å². The first-order valence-electron chi connectivity index (χ1n) is 7.35. The summed E-state index contributed by atoms with van der Waals surface area (Å²) in [5, 5.41) is 0.591. The Balaban J connectivity index is 1.62. The molecule has 1 saturated heterocycles.